The van der Waals surface area contributed by atoms with E-state index in [-0.39, 0.29) is 14.4 Å². The minimum Gasteiger partial charge on any atom is -0.267 e. The summed E-state index contributed by atoms with van der Waals surface area (Å²) in [5.41, 5.74) is -3.51. The molecule has 0 bridgehead atoms. The van der Waals surface area contributed by atoms with Crippen LogP contribution in [0.1, 0.15) is 18.5 Å². The van der Waals surface area contributed by atoms with Crippen LogP contribution in [0.15, 0.2) is 9.59 Å². The van der Waals surface area contributed by atoms with Crippen molar-refractivity contribution >= 4 is 8.73 Å². The second kappa shape index (κ2) is 3.94. The highest BCUT2D eigenvalue weighted by atomic mass is 31.1. The van der Waals surface area contributed by atoms with Gasteiger partial charge in [0, 0.05) is 15.8 Å². The third-order valence-electron chi connectivity index (χ3n) is 2.33. The van der Waals surface area contributed by atoms with E-state index in [1.807, 2.05) is 0 Å². The monoisotopic (exact) mass is 267 g/mol. The fraction of sp³-hybridized carbons (Fsp3) is 0.625. The number of nitrogens with zero attached hydrogens (tertiary/aromatic N) is 3. The Morgan fingerprint density at radius 2 is 1.94 bits per heavy atom. The molecule has 0 N–H and O–H groups in total. The lowest BCUT2D eigenvalue weighted by molar-refractivity contribution is -0.143. The molecule has 0 aromatic carbocycles. The normalized spacial score (nSPS) is 16.9. The van der Waals surface area contributed by atoms with Gasteiger partial charge in [-0.25, -0.2) is 4.79 Å². The number of hydrogen-bond acceptors (Lipinski definition) is 3. The zero-order valence-corrected chi connectivity index (χ0v) is 9.78. The lowest BCUT2D eigenvalue weighted by atomic mass is 10.4. The molecular weight excluding hydrogens is 258 g/mol. The summed E-state index contributed by atoms with van der Waals surface area (Å²) in [7, 11) is 0.896. The lowest BCUT2D eigenvalue weighted by Crippen LogP contribution is -2.42. The van der Waals surface area contributed by atoms with Gasteiger partial charge in [-0.2, -0.15) is 22.7 Å². The summed E-state index contributed by atoms with van der Waals surface area (Å²) in [6, 6.07) is 0. The standard InChI is InChI=1S/C8H9F3N3O2P/c1-13-6(15)5(8(9,10)11)12-14(7(13)16)17-4-2-3-4/h4,17H,2-3H2,1H3. The van der Waals surface area contributed by atoms with Crippen LogP contribution in [-0.4, -0.2) is 19.8 Å². The Labute approximate surface area is 95.1 Å². The summed E-state index contributed by atoms with van der Waals surface area (Å²) >= 11 is 0. The van der Waals surface area contributed by atoms with E-state index < -0.39 is 23.1 Å². The molecule has 17 heavy (non-hydrogen) atoms. The molecule has 1 atom stereocenters. The summed E-state index contributed by atoms with van der Waals surface area (Å²) in [4.78, 5) is 22.8. The van der Waals surface area contributed by atoms with Crippen molar-refractivity contribution < 1.29 is 13.2 Å². The molecule has 0 spiro atoms. The van der Waals surface area contributed by atoms with E-state index in [9.17, 15) is 22.8 Å². The maximum atomic E-state index is 12.5. The predicted octanol–water partition coefficient (Wildman–Crippen LogP) is 0.565. The van der Waals surface area contributed by atoms with Gasteiger partial charge in [0.2, 0.25) is 5.69 Å². The molecule has 1 fully saturated rings. The molecule has 1 unspecified atom stereocenters. The molecule has 0 aliphatic heterocycles. The molecule has 1 aromatic heterocycles. The first-order valence-corrected chi connectivity index (χ1v) is 5.87. The average Bonchev–Trinajstić information content (AvgIpc) is 3.01. The van der Waals surface area contributed by atoms with Crippen molar-refractivity contribution in [2.24, 2.45) is 7.05 Å². The quantitative estimate of drug-likeness (QED) is 0.736. The summed E-state index contributed by atoms with van der Waals surface area (Å²) in [6.07, 6.45) is -3.06. The molecule has 0 saturated heterocycles. The first-order valence-electron chi connectivity index (χ1n) is 4.85. The zero-order valence-electron chi connectivity index (χ0n) is 8.78. The summed E-state index contributed by atoms with van der Waals surface area (Å²) in [5.74, 6) is 0. The SMILES string of the molecule is Cn1c(=O)c(C(F)(F)F)nn(PC2CC2)c1=O. The van der Waals surface area contributed by atoms with Gasteiger partial charge in [0.15, 0.2) is 0 Å². The minimum absolute atomic E-state index is 0.128. The molecule has 1 saturated carbocycles. The van der Waals surface area contributed by atoms with Gasteiger partial charge in [-0.1, -0.05) is 0 Å². The van der Waals surface area contributed by atoms with Crippen LogP contribution >= 0.6 is 8.73 Å². The topological polar surface area (TPSA) is 56.9 Å². The molecule has 1 aliphatic carbocycles. The Balaban J connectivity index is 2.57. The first kappa shape index (κ1) is 12.3. The van der Waals surface area contributed by atoms with Crippen LogP contribution in [0.25, 0.3) is 0 Å². The van der Waals surface area contributed by atoms with Gasteiger partial charge in [0.1, 0.15) is 0 Å². The third kappa shape index (κ3) is 2.41. The average molecular weight is 267 g/mol. The van der Waals surface area contributed by atoms with Gasteiger partial charge >= 0.3 is 11.9 Å². The van der Waals surface area contributed by atoms with Crippen LogP contribution in [0.2, 0.25) is 0 Å². The smallest absolute Gasteiger partial charge is 0.267 e. The van der Waals surface area contributed by atoms with E-state index in [0.717, 1.165) is 24.3 Å². The molecule has 94 valence electrons. The molecule has 2 rings (SSSR count). The Morgan fingerprint density at radius 3 is 2.41 bits per heavy atom. The van der Waals surface area contributed by atoms with Gasteiger partial charge in [0.05, 0.1) is 0 Å². The summed E-state index contributed by atoms with van der Waals surface area (Å²) in [5, 5.41) is 3.14. The van der Waals surface area contributed by atoms with Crippen molar-refractivity contribution in [3.63, 3.8) is 0 Å². The van der Waals surface area contributed by atoms with Gasteiger partial charge in [0.25, 0.3) is 5.56 Å². The Hall–Kier alpha value is -1.17. The predicted molar refractivity (Wildman–Crippen MR) is 55.5 cm³/mol. The fourth-order valence-electron chi connectivity index (χ4n) is 1.22. The van der Waals surface area contributed by atoms with Crippen molar-refractivity contribution in [1.82, 2.24) is 14.1 Å². The van der Waals surface area contributed by atoms with E-state index >= 15 is 0 Å². The molecule has 1 aromatic rings. The maximum Gasteiger partial charge on any atom is 0.440 e. The van der Waals surface area contributed by atoms with Crippen LogP contribution in [0, 0.1) is 0 Å². The van der Waals surface area contributed by atoms with Crippen LogP contribution in [-0.2, 0) is 13.2 Å². The van der Waals surface area contributed by atoms with E-state index in [0.29, 0.717) is 4.57 Å². The fourth-order valence-corrected chi connectivity index (χ4v) is 2.41. The molecular formula is C8H9F3N3O2P. The van der Waals surface area contributed by atoms with Crippen LogP contribution in [0.5, 0.6) is 0 Å². The van der Waals surface area contributed by atoms with Crippen LogP contribution in [0.4, 0.5) is 13.2 Å². The highest BCUT2D eigenvalue weighted by Crippen LogP contribution is 2.38. The van der Waals surface area contributed by atoms with Gasteiger partial charge in [-0.15, -0.1) is 0 Å². The second-order valence-electron chi connectivity index (χ2n) is 3.81. The molecule has 9 heteroatoms. The number of hydrogen-bond donors (Lipinski definition) is 0. The Kier molecular flexibility index (Phi) is 2.85. The van der Waals surface area contributed by atoms with Crippen LogP contribution < -0.4 is 11.2 Å². The van der Waals surface area contributed by atoms with E-state index in [1.165, 1.54) is 0 Å². The van der Waals surface area contributed by atoms with Gasteiger partial charge in [-0.05, 0) is 18.5 Å². The van der Waals surface area contributed by atoms with E-state index in [1.54, 1.807) is 0 Å². The van der Waals surface area contributed by atoms with Crippen molar-refractivity contribution in [3.8, 4) is 0 Å². The van der Waals surface area contributed by atoms with Crippen molar-refractivity contribution in [2.75, 3.05) is 0 Å². The largest absolute Gasteiger partial charge is 0.440 e. The van der Waals surface area contributed by atoms with Crippen LogP contribution in [0.3, 0.4) is 0 Å². The summed E-state index contributed by atoms with van der Waals surface area (Å²) < 4.78 is 38.7. The number of halogens is 3. The zero-order chi connectivity index (χ0) is 12.8. The Morgan fingerprint density at radius 1 is 1.35 bits per heavy atom. The number of alkyl halides is 3. The van der Waals surface area contributed by atoms with E-state index in [4.69, 9.17) is 0 Å². The number of rotatable bonds is 2. The number of aromatic nitrogens is 3. The Bertz CT molecular complexity index is 559. The lowest BCUT2D eigenvalue weighted by Gasteiger charge is -2.10. The van der Waals surface area contributed by atoms with E-state index in [2.05, 4.69) is 5.10 Å². The molecule has 1 heterocycles. The first-order chi connectivity index (χ1) is 7.80. The highest BCUT2D eigenvalue weighted by Gasteiger charge is 2.38. The summed E-state index contributed by atoms with van der Waals surface area (Å²) in [6.45, 7) is 0. The van der Waals surface area contributed by atoms with Crippen molar-refractivity contribution in [3.05, 3.63) is 26.5 Å². The minimum atomic E-state index is -4.83. The van der Waals surface area contributed by atoms with Crippen molar-refractivity contribution in [1.29, 1.82) is 0 Å². The van der Waals surface area contributed by atoms with Gasteiger partial charge in [-0.3, -0.25) is 9.36 Å². The highest BCUT2D eigenvalue weighted by molar-refractivity contribution is 7.37. The van der Waals surface area contributed by atoms with Gasteiger partial charge < -0.3 is 0 Å². The molecule has 0 radical (unpaired) electrons. The third-order valence-corrected chi connectivity index (χ3v) is 3.80. The molecule has 1 aliphatic rings. The maximum absolute atomic E-state index is 12.5. The second-order valence-corrected chi connectivity index (χ2v) is 5.31. The van der Waals surface area contributed by atoms with Crippen molar-refractivity contribution in [2.45, 2.75) is 24.7 Å². The molecule has 0 amide bonds. The molecule has 5 nitrogen and oxygen atoms in total.